The van der Waals surface area contributed by atoms with Gasteiger partial charge >= 0.3 is 0 Å². The third-order valence-electron chi connectivity index (χ3n) is 4.38. The lowest BCUT2D eigenvalue weighted by Gasteiger charge is -2.32. The molecule has 0 radical (unpaired) electrons. The molecule has 1 aromatic carbocycles. The van der Waals surface area contributed by atoms with Gasteiger partial charge in [-0.25, -0.2) is 4.39 Å². The van der Waals surface area contributed by atoms with Gasteiger partial charge in [0.05, 0.1) is 0 Å². The van der Waals surface area contributed by atoms with Gasteiger partial charge in [-0.3, -0.25) is 10.9 Å². The van der Waals surface area contributed by atoms with Crippen LogP contribution in [0.15, 0.2) is 29.2 Å². The lowest BCUT2D eigenvalue weighted by molar-refractivity contribution is 0.308. The van der Waals surface area contributed by atoms with Crippen LogP contribution in [0.1, 0.15) is 32.6 Å². The first-order valence-corrected chi connectivity index (χ1v) is 8.07. The molecule has 1 heterocycles. The molecule has 3 rings (SSSR count). The van der Waals surface area contributed by atoms with Crippen molar-refractivity contribution in [3.8, 4) is 0 Å². The summed E-state index contributed by atoms with van der Waals surface area (Å²) in [4.78, 5) is 1.18. The number of hydrogen-bond acceptors (Lipinski definition) is 3. The molecule has 1 saturated heterocycles. The molecule has 2 N–H and O–H groups in total. The highest BCUT2D eigenvalue weighted by atomic mass is 32.2. The quantitative estimate of drug-likeness (QED) is 0.888. The van der Waals surface area contributed by atoms with Crippen molar-refractivity contribution in [2.75, 3.05) is 0 Å². The first kappa shape index (κ1) is 13.4. The maximum atomic E-state index is 12.9. The van der Waals surface area contributed by atoms with Crippen molar-refractivity contribution in [3.05, 3.63) is 30.1 Å². The SMILES string of the molecule is CCC1NNC2CC(Sc3ccc(F)cc3)CCC12. The molecular formula is C15H21FN2S. The van der Waals surface area contributed by atoms with Crippen LogP contribution >= 0.6 is 11.8 Å². The summed E-state index contributed by atoms with van der Waals surface area (Å²) in [5, 5.41) is 0.650. The van der Waals surface area contributed by atoms with Crippen molar-refractivity contribution in [2.24, 2.45) is 5.92 Å². The summed E-state index contributed by atoms with van der Waals surface area (Å²) in [5.74, 6) is 0.635. The zero-order valence-electron chi connectivity index (χ0n) is 11.2. The Morgan fingerprint density at radius 1 is 1.21 bits per heavy atom. The molecule has 0 bridgehead atoms. The summed E-state index contributed by atoms with van der Waals surface area (Å²) in [5.41, 5.74) is 6.89. The highest BCUT2D eigenvalue weighted by molar-refractivity contribution is 8.00. The minimum atomic E-state index is -0.152. The van der Waals surface area contributed by atoms with Crippen LogP contribution in [0, 0.1) is 11.7 Å². The van der Waals surface area contributed by atoms with E-state index >= 15 is 0 Å². The number of halogens is 1. The van der Waals surface area contributed by atoms with E-state index < -0.39 is 0 Å². The first-order valence-electron chi connectivity index (χ1n) is 7.19. The molecule has 2 fully saturated rings. The van der Waals surface area contributed by atoms with Gasteiger partial charge in [0.2, 0.25) is 0 Å². The second kappa shape index (κ2) is 5.81. The molecule has 1 aliphatic heterocycles. The zero-order valence-corrected chi connectivity index (χ0v) is 12.0. The van der Waals surface area contributed by atoms with E-state index in [9.17, 15) is 4.39 Å². The van der Waals surface area contributed by atoms with E-state index in [0.717, 1.165) is 5.92 Å². The highest BCUT2D eigenvalue weighted by Gasteiger charge is 2.39. The largest absolute Gasteiger partial charge is 0.254 e. The lowest BCUT2D eigenvalue weighted by atomic mass is 9.81. The molecule has 4 heteroatoms. The van der Waals surface area contributed by atoms with E-state index in [2.05, 4.69) is 17.8 Å². The smallest absolute Gasteiger partial charge is 0.123 e. The minimum absolute atomic E-state index is 0.152. The van der Waals surface area contributed by atoms with E-state index in [-0.39, 0.29) is 5.82 Å². The van der Waals surface area contributed by atoms with E-state index in [1.54, 1.807) is 12.1 Å². The number of benzene rings is 1. The molecule has 0 aromatic heterocycles. The van der Waals surface area contributed by atoms with Gasteiger partial charge in [-0.1, -0.05) is 6.92 Å². The van der Waals surface area contributed by atoms with Gasteiger partial charge in [0.1, 0.15) is 5.82 Å². The average molecular weight is 280 g/mol. The Hall–Kier alpha value is -0.580. The Kier molecular flexibility index (Phi) is 4.10. The lowest BCUT2D eigenvalue weighted by Crippen LogP contribution is -2.37. The number of rotatable bonds is 3. The zero-order chi connectivity index (χ0) is 13.2. The Morgan fingerprint density at radius 3 is 2.74 bits per heavy atom. The van der Waals surface area contributed by atoms with Crippen LogP contribution < -0.4 is 10.9 Å². The number of fused-ring (bicyclic) bond motifs is 1. The predicted octanol–water partition coefficient (Wildman–Crippen LogP) is 3.34. The number of hydrogen-bond donors (Lipinski definition) is 2. The third-order valence-corrected chi connectivity index (χ3v) is 5.69. The van der Waals surface area contributed by atoms with Crippen LogP contribution in [0.4, 0.5) is 4.39 Å². The van der Waals surface area contributed by atoms with Crippen LogP contribution in [0.2, 0.25) is 0 Å². The van der Waals surface area contributed by atoms with Crippen molar-refractivity contribution in [3.63, 3.8) is 0 Å². The van der Waals surface area contributed by atoms with Crippen molar-refractivity contribution in [1.29, 1.82) is 0 Å². The second-order valence-corrected chi connectivity index (χ2v) is 6.95. The van der Waals surface area contributed by atoms with Crippen LogP contribution in [-0.2, 0) is 0 Å². The van der Waals surface area contributed by atoms with Gasteiger partial charge in [0, 0.05) is 22.2 Å². The molecule has 0 spiro atoms. The fourth-order valence-corrected chi connectivity index (χ4v) is 4.58. The summed E-state index contributed by atoms with van der Waals surface area (Å²) in [7, 11) is 0. The van der Waals surface area contributed by atoms with Crippen molar-refractivity contribution in [2.45, 2.75) is 54.8 Å². The number of thioether (sulfide) groups is 1. The molecule has 1 aliphatic carbocycles. The topological polar surface area (TPSA) is 24.1 Å². The Balaban J connectivity index is 1.58. The van der Waals surface area contributed by atoms with Gasteiger partial charge in [-0.05, 0) is 55.9 Å². The number of nitrogens with one attached hydrogen (secondary N) is 2. The molecule has 19 heavy (non-hydrogen) atoms. The van der Waals surface area contributed by atoms with Crippen LogP contribution in [-0.4, -0.2) is 17.3 Å². The Morgan fingerprint density at radius 2 is 2.00 bits per heavy atom. The van der Waals surface area contributed by atoms with E-state index in [1.165, 1.54) is 30.6 Å². The number of hydrazine groups is 1. The highest BCUT2D eigenvalue weighted by Crippen LogP contribution is 2.39. The minimum Gasteiger partial charge on any atom is -0.254 e. The van der Waals surface area contributed by atoms with Crippen molar-refractivity contribution >= 4 is 11.8 Å². The second-order valence-electron chi connectivity index (χ2n) is 5.58. The maximum absolute atomic E-state index is 12.9. The van der Waals surface area contributed by atoms with E-state index in [4.69, 9.17) is 0 Å². The molecule has 1 aromatic rings. The molecule has 2 nitrogen and oxygen atoms in total. The molecule has 2 aliphatic rings. The molecule has 0 amide bonds. The molecule has 104 valence electrons. The first-order chi connectivity index (χ1) is 9.26. The van der Waals surface area contributed by atoms with Crippen molar-refractivity contribution in [1.82, 2.24) is 10.9 Å². The maximum Gasteiger partial charge on any atom is 0.123 e. The van der Waals surface area contributed by atoms with Gasteiger partial charge < -0.3 is 0 Å². The van der Waals surface area contributed by atoms with Gasteiger partial charge in [0.15, 0.2) is 0 Å². The Bertz CT molecular complexity index is 423. The van der Waals surface area contributed by atoms with Crippen molar-refractivity contribution < 1.29 is 4.39 Å². The summed E-state index contributed by atoms with van der Waals surface area (Å²) in [6.45, 7) is 2.25. The van der Waals surface area contributed by atoms with E-state index in [1.807, 2.05) is 23.9 Å². The summed E-state index contributed by atoms with van der Waals surface area (Å²) in [6, 6.07) is 8.13. The normalized spacial score (nSPS) is 34.2. The molecular weight excluding hydrogens is 259 g/mol. The van der Waals surface area contributed by atoms with Crippen LogP contribution in [0.5, 0.6) is 0 Å². The predicted molar refractivity (Wildman–Crippen MR) is 77.5 cm³/mol. The van der Waals surface area contributed by atoms with Crippen LogP contribution in [0.25, 0.3) is 0 Å². The summed E-state index contributed by atoms with van der Waals surface area (Å²) < 4.78 is 12.9. The third kappa shape index (κ3) is 2.96. The van der Waals surface area contributed by atoms with Crippen LogP contribution in [0.3, 0.4) is 0 Å². The standard InChI is InChI=1S/C15H21FN2S/c1-2-14-13-8-7-12(9-15(13)18-17-14)19-11-5-3-10(16)4-6-11/h3-6,12-15,17-18H,2,7-9H2,1H3. The summed E-state index contributed by atoms with van der Waals surface area (Å²) in [6.07, 6.45) is 4.96. The van der Waals surface area contributed by atoms with Gasteiger partial charge in [-0.2, -0.15) is 0 Å². The Labute approximate surface area is 118 Å². The van der Waals surface area contributed by atoms with Gasteiger partial charge in [0.25, 0.3) is 0 Å². The molecule has 4 unspecified atom stereocenters. The molecule has 1 saturated carbocycles. The average Bonchev–Trinajstić information content (AvgIpc) is 2.83. The van der Waals surface area contributed by atoms with E-state index in [0.29, 0.717) is 17.3 Å². The fourth-order valence-electron chi connectivity index (χ4n) is 3.34. The monoisotopic (exact) mass is 280 g/mol. The summed E-state index contributed by atoms with van der Waals surface area (Å²) >= 11 is 1.90. The van der Waals surface area contributed by atoms with Gasteiger partial charge in [-0.15, -0.1) is 11.8 Å². The molecule has 4 atom stereocenters. The fraction of sp³-hybridized carbons (Fsp3) is 0.600.